The molecule has 3 atom stereocenters. The Labute approximate surface area is 400 Å². The van der Waals surface area contributed by atoms with Crippen molar-refractivity contribution in [3.8, 4) is 0 Å². The van der Waals surface area contributed by atoms with Crippen LogP contribution in [0.4, 0.5) is 0 Å². The zero-order valence-electron chi connectivity index (χ0n) is 42.2. The Hall–Kier alpha value is -2.84. The number of quaternary nitrogens is 1. The maximum atomic E-state index is 12.9. The van der Waals surface area contributed by atoms with Gasteiger partial charge in [-0.25, -0.2) is 4.57 Å². The van der Waals surface area contributed by atoms with Crippen molar-refractivity contribution in [3.05, 3.63) is 109 Å². The van der Waals surface area contributed by atoms with Gasteiger partial charge in [0.15, 0.2) is 0 Å². The van der Waals surface area contributed by atoms with Crippen molar-refractivity contribution >= 4 is 13.7 Å². The Bertz CT molecular complexity index is 1420. The minimum atomic E-state index is -4.35. The molecule has 65 heavy (non-hydrogen) atoms. The monoisotopic (exact) mass is 926 g/mol. The van der Waals surface area contributed by atoms with E-state index in [0.717, 1.165) is 103 Å². The largest absolute Gasteiger partial charge is 0.472 e. The third-order valence-electron chi connectivity index (χ3n) is 10.7. The van der Waals surface area contributed by atoms with Gasteiger partial charge in [-0.15, -0.1) is 0 Å². The van der Waals surface area contributed by atoms with Gasteiger partial charge in [0.2, 0.25) is 5.91 Å². The van der Waals surface area contributed by atoms with Gasteiger partial charge in [0.25, 0.3) is 0 Å². The van der Waals surface area contributed by atoms with E-state index in [2.05, 4.69) is 116 Å². The highest BCUT2D eigenvalue weighted by molar-refractivity contribution is 7.47. The van der Waals surface area contributed by atoms with Crippen LogP contribution in [0.5, 0.6) is 0 Å². The molecular formula is C56H98N2O6P+. The standard InChI is InChI=1S/C56H97N2O6P/c1-6-8-10-12-14-16-18-19-20-21-22-23-24-25-26-27-28-29-30-31-32-33-34-35-36-37-38-39-40-42-44-46-48-50-56(60)57-54(53-64-65(61,62)63-52-51-58(3,4)5)55(59)49-47-45-43-41-17-15-13-11-9-7-2/h8,10,14,16,19-20,22-23,25-26,28-29,31-32,34-35,47,49,54-55,59H,6-7,9,11-13,15,17-18,21,24,27,30,33,36-46,48,50-53H2,1-5H3,(H-,57,60,61,62)/p+1/b10-8-,16-14-,20-19-,23-22-,26-25-,29-28-,32-31-,35-34-,49-47+. The van der Waals surface area contributed by atoms with Crippen LogP contribution >= 0.6 is 7.82 Å². The molecule has 3 N–H and O–H groups in total. The number of carbonyl (C=O) groups is 1. The van der Waals surface area contributed by atoms with E-state index in [0.29, 0.717) is 17.4 Å². The number of hydrogen-bond acceptors (Lipinski definition) is 5. The van der Waals surface area contributed by atoms with Gasteiger partial charge in [0.05, 0.1) is 39.9 Å². The summed E-state index contributed by atoms with van der Waals surface area (Å²) in [4.78, 5) is 23.1. The Kier molecular flexibility index (Phi) is 44.3. The van der Waals surface area contributed by atoms with Crippen LogP contribution in [0.1, 0.15) is 187 Å². The third kappa shape index (κ3) is 48.9. The third-order valence-corrected chi connectivity index (χ3v) is 11.7. The summed E-state index contributed by atoms with van der Waals surface area (Å²) < 4.78 is 23.5. The lowest BCUT2D eigenvalue weighted by atomic mass is 10.1. The van der Waals surface area contributed by atoms with Gasteiger partial charge in [-0.3, -0.25) is 13.8 Å². The fourth-order valence-corrected chi connectivity index (χ4v) is 7.44. The number of hydrogen-bond donors (Lipinski definition) is 3. The molecule has 0 spiro atoms. The van der Waals surface area contributed by atoms with Crippen molar-refractivity contribution in [2.75, 3.05) is 40.9 Å². The second-order valence-corrected chi connectivity index (χ2v) is 19.6. The molecule has 0 aliphatic heterocycles. The molecule has 0 rings (SSSR count). The summed E-state index contributed by atoms with van der Waals surface area (Å²) in [5.74, 6) is -0.193. The topological polar surface area (TPSA) is 105 Å². The van der Waals surface area contributed by atoms with E-state index in [1.54, 1.807) is 6.08 Å². The van der Waals surface area contributed by atoms with Gasteiger partial charge < -0.3 is 19.8 Å². The number of likely N-dealkylation sites (N-methyl/N-ethyl adjacent to an activating group) is 1. The maximum Gasteiger partial charge on any atom is 0.472 e. The van der Waals surface area contributed by atoms with E-state index in [9.17, 15) is 19.4 Å². The minimum Gasteiger partial charge on any atom is -0.387 e. The van der Waals surface area contributed by atoms with E-state index in [1.165, 1.54) is 64.2 Å². The second-order valence-electron chi connectivity index (χ2n) is 18.2. The van der Waals surface area contributed by atoms with Crippen LogP contribution in [-0.4, -0.2) is 73.4 Å². The zero-order chi connectivity index (χ0) is 47.8. The Morgan fingerprint density at radius 2 is 0.923 bits per heavy atom. The smallest absolute Gasteiger partial charge is 0.387 e. The lowest BCUT2D eigenvalue weighted by Crippen LogP contribution is -2.45. The van der Waals surface area contributed by atoms with Crippen molar-refractivity contribution in [1.29, 1.82) is 0 Å². The molecule has 0 aromatic carbocycles. The van der Waals surface area contributed by atoms with Crippen LogP contribution in [0.2, 0.25) is 0 Å². The molecule has 0 saturated heterocycles. The van der Waals surface area contributed by atoms with Crippen molar-refractivity contribution in [2.45, 2.75) is 199 Å². The number of unbranched alkanes of at least 4 members (excludes halogenated alkanes) is 16. The minimum absolute atomic E-state index is 0.0540. The molecule has 0 saturated carbocycles. The molecular weight excluding hydrogens is 828 g/mol. The first kappa shape index (κ1) is 62.2. The van der Waals surface area contributed by atoms with Crippen LogP contribution in [0.3, 0.4) is 0 Å². The molecule has 0 aromatic heterocycles. The Morgan fingerprint density at radius 3 is 1.35 bits per heavy atom. The normalized spacial score (nSPS) is 15.0. The molecule has 0 fully saturated rings. The fourth-order valence-electron chi connectivity index (χ4n) is 6.70. The predicted octanol–water partition coefficient (Wildman–Crippen LogP) is 15.3. The molecule has 0 heterocycles. The zero-order valence-corrected chi connectivity index (χ0v) is 43.1. The van der Waals surface area contributed by atoms with E-state index in [-0.39, 0.29) is 19.1 Å². The molecule has 3 unspecified atom stereocenters. The van der Waals surface area contributed by atoms with Crippen LogP contribution in [0, 0.1) is 0 Å². The number of phosphoric acid groups is 1. The van der Waals surface area contributed by atoms with Crippen LogP contribution in [0.25, 0.3) is 0 Å². The molecule has 0 radical (unpaired) electrons. The first-order chi connectivity index (χ1) is 31.5. The van der Waals surface area contributed by atoms with E-state index >= 15 is 0 Å². The van der Waals surface area contributed by atoms with E-state index in [1.807, 2.05) is 27.2 Å². The molecule has 0 aliphatic rings. The fraction of sp³-hybridized carbons (Fsp3) is 0.661. The van der Waals surface area contributed by atoms with Gasteiger partial charge in [0, 0.05) is 6.42 Å². The molecule has 9 heteroatoms. The number of nitrogens with zero attached hydrogens (tertiary/aromatic N) is 1. The molecule has 1 amide bonds. The molecule has 372 valence electrons. The first-order valence-electron chi connectivity index (χ1n) is 25.8. The summed E-state index contributed by atoms with van der Waals surface area (Å²) in [5, 5.41) is 13.8. The molecule has 0 bridgehead atoms. The summed E-state index contributed by atoms with van der Waals surface area (Å²) in [6.07, 6.45) is 67.5. The van der Waals surface area contributed by atoms with Crippen LogP contribution in [-0.2, 0) is 18.4 Å². The van der Waals surface area contributed by atoms with Gasteiger partial charge in [-0.05, 0) is 83.5 Å². The van der Waals surface area contributed by atoms with Crippen molar-refractivity contribution in [3.63, 3.8) is 0 Å². The highest BCUT2D eigenvalue weighted by atomic mass is 31.2. The average molecular weight is 926 g/mol. The number of aliphatic hydroxyl groups excluding tert-OH is 1. The van der Waals surface area contributed by atoms with Gasteiger partial charge >= 0.3 is 7.82 Å². The Morgan fingerprint density at radius 1 is 0.538 bits per heavy atom. The van der Waals surface area contributed by atoms with Gasteiger partial charge in [-0.2, -0.15) is 0 Å². The van der Waals surface area contributed by atoms with Gasteiger partial charge in [0.1, 0.15) is 13.2 Å². The highest BCUT2D eigenvalue weighted by Crippen LogP contribution is 2.43. The summed E-state index contributed by atoms with van der Waals surface area (Å²) in [5.41, 5.74) is 0. The van der Waals surface area contributed by atoms with E-state index in [4.69, 9.17) is 9.05 Å². The number of carbonyl (C=O) groups excluding carboxylic acids is 1. The van der Waals surface area contributed by atoms with Crippen molar-refractivity contribution in [2.24, 2.45) is 0 Å². The van der Waals surface area contributed by atoms with Crippen molar-refractivity contribution in [1.82, 2.24) is 5.32 Å². The number of phosphoric ester groups is 1. The van der Waals surface area contributed by atoms with Crippen molar-refractivity contribution < 1.29 is 32.9 Å². The summed E-state index contributed by atoms with van der Waals surface area (Å²) in [6.45, 7) is 4.65. The van der Waals surface area contributed by atoms with E-state index < -0.39 is 20.0 Å². The highest BCUT2D eigenvalue weighted by Gasteiger charge is 2.27. The number of aliphatic hydroxyl groups is 1. The number of allylic oxidation sites excluding steroid dienone is 17. The Balaban J connectivity index is 4.16. The van der Waals surface area contributed by atoms with Crippen LogP contribution < -0.4 is 5.32 Å². The number of nitrogens with one attached hydrogen (secondary N) is 1. The molecule has 0 aliphatic carbocycles. The molecule has 8 nitrogen and oxygen atoms in total. The summed E-state index contributed by atoms with van der Waals surface area (Å²) in [7, 11) is 1.55. The quantitative estimate of drug-likeness (QED) is 0.0243. The summed E-state index contributed by atoms with van der Waals surface area (Å²) in [6, 6.07) is -0.856. The summed E-state index contributed by atoms with van der Waals surface area (Å²) >= 11 is 0. The molecule has 0 aromatic rings. The lowest BCUT2D eigenvalue weighted by molar-refractivity contribution is -0.870. The first-order valence-corrected chi connectivity index (χ1v) is 27.3. The predicted molar refractivity (Wildman–Crippen MR) is 281 cm³/mol. The number of amides is 1. The number of rotatable bonds is 45. The lowest BCUT2D eigenvalue weighted by Gasteiger charge is -2.25. The second kappa shape index (κ2) is 46.3. The van der Waals surface area contributed by atoms with Gasteiger partial charge in [-0.1, -0.05) is 207 Å². The maximum absolute atomic E-state index is 12.9. The SMILES string of the molecule is CC/C=C\C/C=C\C/C=C\C/C=C\C/C=C\C/C=C\C/C=C\C/C=C\CCCCCCCCCCC(=O)NC(COP(=O)(O)OCC[N+](C)(C)C)C(O)/C=C/CCCCCCCCCC. The van der Waals surface area contributed by atoms with Crippen LogP contribution in [0.15, 0.2) is 109 Å². The average Bonchev–Trinajstić information content (AvgIpc) is 3.26.